The minimum atomic E-state index is -0.458. The van der Waals surface area contributed by atoms with Gasteiger partial charge in [-0.05, 0) is 79.2 Å². The molecule has 0 radical (unpaired) electrons. The fourth-order valence-electron chi connectivity index (χ4n) is 4.38. The molecule has 2 aromatic carbocycles. The van der Waals surface area contributed by atoms with Crippen LogP contribution < -0.4 is 15.2 Å². The van der Waals surface area contributed by atoms with Crippen LogP contribution in [0.4, 0.5) is 10.2 Å². The van der Waals surface area contributed by atoms with E-state index in [1.165, 1.54) is 17.5 Å². The number of methoxy groups -OCH3 is 1. The Bertz CT molecular complexity index is 1350. The first-order valence-corrected chi connectivity index (χ1v) is 11.9. The van der Waals surface area contributed by atoms with Crippen LogP contribution in [0.2, 0.25) is 0 Å². The van der Waals surface area contributed by atoms with Crippen molar-refractivity contribution in [1.29, 1.82) is 0 Å². The lowest BCUT2D eigenvalue weighted by atomic mass is 10.0. The fraction of sp³-hybridized carbons (Fsp3) is 0.308. The van der Waals surface area contributed by atoms with Gasteiger partial charge >= 0.3 is 0 Å². The predicted molar refractivity (Wildman–Crippen MR) is 135 cm³/mol. The maximum absolute atomic E-state index is 15.5. The van der Waals surface area contributed by atoms with Gasteiger partial charge in [-0.3, -0.25) is 4.90 Å². The molecule has 0 bridgehead atoms. The largest absolute Gasteiger partial charge is 0.497 e. The number of nitrogen functional groups attached to an aromatic ring is 1. The molecule has 1 aliphatic heterocycles. The zero-order valence-corrected chi connectivity index (χ0v) is 20.3. The van der Waals surface area contributed by atoms with Crippen LogP contribution in [0.25, 0.3) is 28.2 Å². The average Bonchev–Trinajstić information content (AvgIpc) is 3.60. The summed E-state index contributed by atoms with van der Waals surface area (Å²) in [6.45, 7) is 5.21. The number of nitrogens with zero attached hydrogens (tertiary/aromatic N) is 6. The quantitative estimate of drug-likeness (QED) is 0.397. The van der Waals surface area contributed by atoms with Crippen LogP contribution in [0.15, 0.2) is 48.7 Å². The van der Waals surface area contributed by atoms with Crippen LogP contribution in [0.3, 0.4) is 0 Å². The van der Waals surface area contributed by atoms with Crippen molar-refractivity contribution in [3.05, 3.63) is 60.0 Å². The van der Waals surface area contributed by atoms with E-state index in [2.05, 4.69) is 25.4 Å². The molecule has 0 aliphatic carbocycles. The number of hydrogen-bond acceptors (Lipinski definition) is 8. The molecule has 1 saturated heterocycles. The van der Waals surface area contributed by atoms with Crippen LogP contribution in [-0.4, -0.2) is 63.4 Å². The molecule has 3 heterocycles. The molecule has 186 valence electrons. The number of pyridine rings is 1. The van der Waals surface area contributed by atoms with Gasteiger partial charge < -0.3 is 15.2 Å². The van der Waals surface area contributed by atoms with Gasteiger partial charge in [-0.15, -0.1) is 5.10 Å². The zero-order chi connectivity index (χ0) is 25.1. The summed E-state index contributed by atoms with van der Waals surface area (Å²) in [5.74, 6) is 1.33. The Morgan fingerprint density at radius 1 is 1.06 bits per heavy atom. The van der Waals surface area contributed by atoms with Crippen molar-refractivity contribution in [2.45, 2.75) is 19.8 Å². The predicted octanol–water partition coefficient (Wildman–Crippen LogP) is 3.90. The molecule has 2 N–H and O–H groups in total. The average molecular weight is 490 g/mol. The molecule has 5 rings (SSSR count). The van der Waals surface area contributed by atoms with Gasteiger partial charge in [0.1, 0.15) is 29.6 Å². The monoisotopic (exact) mass is 489 g/mol. The standard InChI is InChI=1S/C26H28FN7O2/c1-17-23(36-14-13-33-11-3-4-12-33)10-9-22(24(17)27)34-26(30-31-32-34)21-15-19(16-29-25(21)28)18-5-7-20(35-2)8-6-18/h5-10,15-16H,3-4,11-14H2,1-2H3,(H2,28,29). The van der Waals surface area contributed by atoms with E-state index >= 15 is 4.39 Å². The van der Waals surface area contributed by atoms with E-state index < -0.39 is 5.82 Å². The first-order valence-electron chi connectivity index (χ1n) is 11.9. The summed E-state index contributed by atoms with van der Waals surface area (Å²) in [6, 6.07) is 12.8. The number of tetrazole rings is 1. The number of benzene rings is 2. The number of nitrogens with two attached hydrogens (primary N) is 1. The Balaban J connectivity index is 1.42. The number of anilines is 1. The highest BCUT2D eigenvalue weighted by atomic mass is 19.1. The topological polar surface area (TPSA) is 104 Å². The molecular formula is C26H28FN7O2. The Labute approximate surface area is 208 Å². The molecule has 2 aromatic heterocycles. The lowest BCUT2D eigenvalue weighted by molar-refractivity contribution is 0.236. The van der Waals surface area contributed by atoms with Crippen molar-refractivity contribution in [3.8, 4) is 39.7 Å². The second kappa shape index (κ2) is 10.3. The molecule has 0 spiro atoms. The normalized spacial score (nSPS) is 13.8. The smallest absolute Gasteiger partial charge is 0.190 e. The van der Waals surface area contributed by atoms with E-state index in [-0.39, 0.29) is 17.3 Å². The summed E-state index contributed by atoms with van der Waals surface area (Å²) in [4.78, 5) is 6.68. The molecule has 4 aromatic rings. The first kappa shape index (κ1) is 23.7. The number of likely N-dealkylation sites (tertiary alicyclic amines) is 1. The minimum absolute atomic E-state index is 0.202. The number of rotatable bonds is 8. The zero-order valence-electron chi connectivity index (χ0n) is 20.3. The van der Waals surface area contributed by atoms with E-state index in [9.17, 15) is 0 Å². The maximum Gasteiger partial charge on any atom is 0.190 e. The van der Waals surface area contributed by atoms with E-state index in [0.29, 0.717) is 23.5 Å². The van der Waals surface area contributed by atoms with E-state index in [0.717, 1.165) is 36.5 Å². The number of hydrogen-bond donors (Lipinski definition) is 1. The van der Waals surface area contributed by atoms with Crippen molar-refractivity contribution in [2.24, 2.45) is 0 Å². The summed E-state index contributed by atoms with van der Waals surface area (Å²) in [6.07, 6.45) is 4.12. The maximum atomic E-state index is 15.5. The molecule has 1 fully saturated rings. The Hall–Kier alpha value is -4.05. The Morgan fingerprint density at radius 2 is 1.83 bits per heavy atom. The lowest BCUT2D eigenvalue weighted by Crippen LogP contribution is -2.25. The van der Waals surface area contributed by atoms with Gasteiger partial charge in [-0.2, -0.15) is 4.68 Å². The van der Waals surface area contributed by atoms with E-state index in [1.54, 1.807) is 32.4 Å². The molecule has 10 heteroatoms. The number of aromatic nitrogens is 5. The minimum Gasteiger partial charge on any atom is -0.497 e. The van der Waals surface area contributed by atoms with Gasteiger partial charge in [0.25, 0.3) is 0 Å². The van der Waals surface area contributed by atoms with Crippen LogP contribution in [0.1, 0.15) is 18.4 Å². The van der Waals surface area contributed by atoms with E-state index in [4.69, 9.17) is 15.2 Å². The van der Waals surface area contributed by atoms with Crippen LogP contribution >= 0.6 is 0 Å². The van der Waals surface area contributed by atoms with Crippen molar-refractivity contribution < 1.29 is 13.9 Å². The molecular weight excluding hydrogens is 461 g/mol. The van der Waals surface area contributed by atoms with Crippen LogP contribution in [0, 0.1) is 12.7 Å². The third-order valence-corrected chi connectivity index (χ3v) is 6.46. The molecule has 0 unspecified atom stereocenters. The summed E-state index contributed by atoms with van der Waals surface area (Å²) < 4.78 is 28.0. The molecule has 1 aliphatic rings. The molecule has 0 atom stereocenters. The third-order valence-electron chi connectivity index (χ3n) is 6.46. The first-order chi connectivity index (χ1) is 17.5. The van der Waals surface area contributed by atoms with Gasteiger partial charge in [0, 0.05) is 23.9 Å². The highest BCUT2D eigenvalue weighted by Gasteiger charge is 2.21. The van der Waals surface area contributed by atoms with Crippen LogP contribution in [-0.2, 0) is 0 Å². The van der Waals surface area contributed by atoms with Gasteiger partial charge in [-0.25, -0.2) is 9.37 Å². The van der Waals surface area contributed by atoms with Gasteiger partial charge in [0.15, 0.2) is 11.6 Å². The van der Waals surface area contributed by atoms with Gasteiger partial charge in [0.2, 0.25) is 0 Å². The third kappa shape index (κ3) is 4.72. The lowest BCUT2D eigenvalue weighted by Gasteiger charge is -2.17. The molecule has 0 amide bonds. The van der Waals surface area contributed by atoms with Gasteiger partial charge in [-0.1, -0.05) is 12.1 Å². The van der Waals surface area contributed by atoms with Crippen molar-refractivity contribution in [2.75, 3.05) is 39.1 Å². The highest BCUT2D eigenvalue weighted by Crippen LogP contribution is 2.32. The summed E-state index contributed by atoms with van der Waals surface area (Å²) in [5, 5.41) is 12.0. The summed E-state index contributed by atoms with van der Waals surface area (Å²) in [7, 11) is 1.62. The molecule has 9 nitrogen and oxygen atoms in total. The SMILES string of the molecule is COc1ccc(-c2cnc(N)c(-c3nnnn3-c3ccc(OCCN4CCCC4)c(C)c3F)c2)cc1. The number of ether oxygens (including phenoxy) is 2. The highest BCUT2D eigenvalue weighted by molar-refractivity contribution is 5.76. The van der Waals surface area contributed by atoms with Crippen molar-refractivity contribution >= 4 is 5.82 Å². The summed E-state index contributed by atoms with van der Waals surface area (Å²) in [5.41, 5.74) is 9.02. The molecule has 36 heavy (non-hydrogen) atoms. The number of halogens is 1. The Kier molecular flexibility index (Phi) is 6.77. The van der Waals surface area contributed by atoms with Crippen molar-refractivity contribution in [1.82, 2.24) is 30.1 Å². The fourth-order valence-corrected chi connectivity index (χ4v) is 4.38. The van der Waals surface area contributed by atoms with Crippen LogP contribution in [0.5, 0.6) is 11.5 Å². The summed E-state index contributed by atoms with van der Waals surface area (Å²) >= 11 is 0. The second-order valence-electron chi connectivity index (χ2n) is 8.72. The molecule has 0 saturated carbocycles. The van der Waals surface area contributed by atoms with Crippen molar-refractivity contribution in [3.63, 3.8) is 0 Å². The second-order valence-corrected chi connectivity index (χ2v) is 8.72. The van der Waals surface area contributed by atoms with Gasteiger partial charge in [0.05, 0.1) is 12.7 Å². The van der Waals surface area contributed by atoms with E-state index in [1.807, 2.05) is 30.3 Å². The Morgan fingerprint density at radius 3 is 2.58 bits per heavy atom.